The normalized spacial score (nSPS) is 12.8. The number of nitrogens with zero attached hydrogens (tertiary/aromatic N) is 1. The Balaban J connectivity index is 2.94. The summed E-state index contributed by atoms with van der Waals surface area (Å²) in [6.07, 6.45) is -0.0530. The summed E-state index contributed by atoms with van der Waals surface area (Å²) < 4.78 is 4.59. The van der Waals surface area contributed by atoms with Crippen molar-refractivity contribution in [2.45, 2.75) is 38.6 Å². The van der Waals surface area contributed by atoms with Crippen LogP contribution < -0.4 is 10.6 Å². The Morgan fingerprint density at radius 1 is 1.19 bits per heavy atom. The van der Waals surface area contributed by atoms with Crippen LogP contribution in [-0.2, 0) is 14.3 Å². The van der Waals surface area contributed by atoms with Gasteiger partial charge >= 0.3 is 6.09 Å². The summed E-state index contributed by atoms with van der Waals surface area (Å²) in [6, 6.07) is 8.13. The second-order valence-corrected chi connectivity index (χ2v) is 6.61. The number of methoxy groups -OCH3 is 1. The van der Waals surface area contributed by atoms with Crippen molar-refractivity contribution in [2.75, 3.05) is 19.0 Å². The first-order valence-corrected chi connectivity index (χ1v) is 9.02. The van der Waals surface area contributed by atoms with Gasteiger partial charge in [0.1, 0.15) is 6.04 Å². The van der Waals surface area contributed by atoms with Crippen LogP contribution in [0.25, 0.3) is 0 Å². The van der Waals surface area contributed by atoms with Crippen molar-refractivity contribution in [3.8, 4) is 0 Å². The zero-order valence-corrected chi connectivity index (χ0v) is 16.5. The molecule has 0 saturated carbocycles. The third kappa shape index (κ3) is 6.25. The maximum atomic E-state index is 13.0. The average molecular weight is 381 g/mol. The Labute approximate surface area is 159 Å². The summed E-state index contributed by atoms with van der Waals surface area (Å²) in [5, 5.41) is 4.28. The largest absolute Gasteiger partial charge is 0.453 e. The lowest BCUT2D eigenvalue weighted by Gasteiger charge is -2.32. The van der Waals surface area contributed by atoms with Gasteiger partial charge in [0, 0.05) is 12.2 Å². The maximum absolute atomic E-state index is 13.0. The van der Waals surface area contributed by atoms with Crippen molar-refractivity contribution < 1.29 is 19.1 Å². The topological polar surface area (TPSA) is 87.7 Å². The molecule has 2 atom stereocenters. The molecule has 0 aromatic heterocycles. The lowest BCUT2D eigenvalue weighted by molar-refractivity contribution is -0.138. The molecule has 144 valence electrons. The van der Waals surface area contributed by atoms with Gasteiger partial charge in [-0.2, -0.15) is 0 Å². The van der Waals surface area contributed by atoms with Crippen LogP contribution in [0.5, 0.6) is 0 Å². The average Bonchev–Trinajstić information content (AvgIpc) is 2.63. The van der Waals surface area contributed by atoms with Gasteiger partial charge in [-0.1, -0.05) is 39.0 Å². The summed E-state index contributed by atoms with van der Waals surface area (Å²) in [4.78, 5) is 38.4. The lowest BCUT2D eigenvalue weighted by Crippen LogP contribution is -2.55. The highest BCUT2D eigenvalue weighted by molar-refractivity contribution is 7.81. The molecule has 0 heterocycles. The van der Waals surface area contributed by atoms with E-state index in [1.54, 1.807) is 38.1 Å². The number of anilines is 1. The van der Waals surface area contributed by atoms with Gasteiger partial charge in [0.05, 0.1) is 7.11 Å². The molecular weight excluding hydrogens is 354 g/mol. The number of nitrogens with one attached hydrogen (secondary N) is 2. The monoisotopic (exact) mass is 381 g/mol. The summed E-state index contributed by atoms with van der Waals surface area (Å²) >= 11 is 4.35. The minimum Gasteiger partial charge on any atom is -0.453 e. The van der Waals surface area contributed by atoms with Crippen molar-refractivity contribution in [3.63, 3.8) is 0 Å². The third-order valence-electron chi connectivity index (χ3n) is 3.71. The molecular formula is C18H27N3O4S. The fourth-order valence-electron chi connectivity index (χ4n) is 2.34. The van der Waals surface area contributed by atoms with E-state index >= 15 is 0 Å². The molecule has 3 amide bonds. The Morgan fingerprint density at radius 3 is 2.31 bits per heavy atom. The van der Waals surface area contributed by atoms with Crippen LogP contribution >= 0.6 is 12.6 Å². The number of hydrogen-bond donors (Lipinski definition) is 3. The van der Waals surface area contributed by atoms with Gasteiger partial charge in [0.25, 0.3) is 5.91 Å². The number of para-hydroxylation sites is 1. The Morgan fingerprint density at radius 2 is 1.81 bits per heavy atom. The SMILES string of the molecule is CCCN(C(=O)[C@@H](NC(=O)OC)C(C)C)[C@@H](S)C(=O)Nc1ccccc1. The molecule has 2 N–H and O–H groups in total. The fourth-order valence-corrected chi connectivity index (χ4v) is 2.64. The van der Waals surface area contributed by atoms with Gasteiger partial charge in [-0.05, 0) is 24.5 Å². The molecule has 0 bridgehead atoms. The van der Waals surface area contributed by atoms with Crippen LogP contribution in [0.4, 0.5) is 10.5 Å². The molecule has 0 unspecified atom stereocenters. The molecule has 7 nitrogen and oxygen atoms in total. The number of thiol groups is 1. The quantitative estimate of drug-likeness (QED) is 0.477. The molecule has 26 heavy (non-hydrogen) atoms. The molecule has 0 fully saturated rings. The zero-order valence-electron chi connectivity index (χ0n) is 15.6. The molecule has 0 aliphatic heterocycles. The predicted molar refractivity (Wildman–Crippen MR) is 104 cm³/mol. The van der Waals surface area contributed by atoms with E-state index in [-0.39, 0.29) is 11.8 Å². The standard InChI is InChI=1S/C18H27N3O4S/c1-5-11-21(16(23)14(12(2)3)20-18(24)25-4)17(26)15(22)19-13-9-7-6-8-10-13/h6-10,12,14,17,26H,5,11H2,1-4H3,(H,19,22)(H,20,24)/t14-,17-/m0/s1. The number of hydrogen-bond acceptors (Lipinski definition) is 5. The van der Waals surface area contributed by atoms with E-state index in [1.165, 1.54) is 12.0 Å². The van der Waals surface area contributed by atoms with E-state index in [0.717, 1.165) is 0 Å². The van der Waals surface area contributed by atoms with Crippen LogP contribution in [0.15, 0.2) is 30.3 Å². The van der Waals surface area contributed by atoms with Gasteiger partial charge < -0.3 is 20.3 Å². The summed E-state index contributed by atoms with van der Waals surface area (Å²) in [6.45, 7) is 5.84. The fraction of sp³-hybridized carbons (Fsp3) is 0.500. The minimum absolute atomic E-state index is 0.182. The van der Waals surface area contributed by atoms with Crippen molar-refractivity contribution >= 4 is 36.2 Å². The van der Waals surface area contributed by atoms with E-state index in [2.05, 4.69) is 28.0 Å². The van der Waals surface area contributed by atoms with Crippen LogP contribution in [0.1, 0.15) is 27.2 Å². The van der Waals surface area contributed by atoms with E-state index in [1.807, 2.05) is 13.0 Å². The summed E-state index contributed by atoms with van der Waals surface area (Å²) in [5.41, 5.74) is 0.619. The summed E-state index contributed by atoms with van der Waals surface area (Å²) in [5.74, 6) is -0.976. The van der Waals surface area contributed by atoms with E-state index in [9.17, 15) is 14.4 Å². The first-order valence-electron chi connectivity index (χ1n) is 8.50. The molecule has 8 heteroatoms. The van der Waals surface area contributed by atoms with Crippen LogP contribution in [0.2, 0.25) is 0 Å². The highest BCUT2D eigenvalue weighted by Crippen LogP contribution is 2.15. The zero-order chi connectivity index (χ0) is 19.7. The van der Waals surface area contributed by atoms with Gasteiger partial charge in [0.2, 0.25) is 5.91 Å². The van der Waals surface area contributed by atoms with Gasteiger partial charge in [-0.25, -0.2) is 4.79 Å². The van der Waals surface area contributed by atoms with Gasteiger partial charge in [-0.3, -0.25) is 9.59 Å². The highest BCUT2D eigenvalue weighted by atomic mass is 32.1. The number of benzene rings is 1. The first kappa shape index (κ1) is 21.8. The molecule has 1 aromatic rings. The van der Waals surface area contributed by atoms with E-state index in [4.69, 9.17) is 0 Å². The number of alkyl carbamates (subject to hydrolysis) is 1. The van der Waals surface area contributed by atoms with Crippen molar-refractivity contribution in [3.05, 3.63) is 30.3 Å². The minimum atomic E-state index is -0.983. The van der Waals surface area contributed by atoms with Crippen LogP contribution in [0, 0.1) is 5.92 Å². The highest BCUT2D eigenvalue weighted by Gasteiger charge is 2.34. The Bertz CT molecular complexity index is 610. The van der Waals surface area contributed by atoms with E-state index in [0.29, 0.717) is 18.7 Å². The molecule has 0 radical (unpaired) electrons. The number of rotatable bonds is 8. The molecule has 0 aliphatic rings. The number of carbonyl (C=O) groups is 3. The van der Waals surface area contributed by atoms with Crippen molar-refractivity contribution in [2.24, 2.45) is 5.92 Å². The number of carbonyl (C=O) groups excluding carboxylic acids is 3. The molecule has 0 aliphatic carbocycles. The second-order valence-electron chi connectivity index (χ2n) is 6.12. The first-order chi connectivity index (χ1) is 12.3. The third-order valence-corrected chi connectivity index (χ3v) is 4.22. The van der Waals surface area contributed by atoms with Crippen molar-refractivity contribution in [1.29, 1.82) is 0 Å². The van der Waals surface area contributed by atoms with Gasteiger partial charge in [-0.15, -0.1) is 12.6 Å². The maximum Gasteiger partial charge on any atom is 0.407 e. The van der Waals surface area contributed by atoms with E-state index < -0.39 is 23.4 Å². The Kier molecular flexibility index (Phi) is 8.98. The predicted octanol–water partition coefficient (Wildman–Crippen LogP) is 2.50. The molecule has 1 aromatic carbocycles. The number of ether oxygens (including phenoxy) is 1. The smallest absolute Gasteiger partial charge is 0.407 e. The Hall–Kier alpha value is -2.22. The molecule has 1 rings (SSSR count). The van der Waals surface area contributed by atoms with Crippen LogP contribution in [0.3, 0.4) is 0 Å². The number of amides is 3. The van der Waals surface area contributed by atoms with Crippen LogP contribution in [-0.4, -0.2) is 47.9 Å². The lowest BCUT2D eigenvalue weighted by atomic mass is 10.0. The molecule has 0 saturated heterocycles. The van der Waals surface area contributed by atoms with Gasteiger partial charge in [0.15, 0.2) is 5.37 Å². The molecule has 0 spiro atoms. The van der Waals surface area contributed by atoms with Crippen molar-refractivity contribution in [1.82, 2.24) is 10.2 Å². The second kappa shape index (κ2) is 10.7. The summed E-state index contributed by atoms with van der Waals surface area (Å²) in [7, 11) is 1.23.